The van der Waals surface area contributed by atoms with Gasteiger partial charge in [-0.25, -0.2) is 0 Å². The number of rotatable bonds is 8. The predicted octanol–water partition coefficient (Wildman–Crippen LogP) is 20.5. The molecule has 78 heavy (non-hydrogen) atoms. The van der Waals surface area contributed by atoms with Crippen molar-refractivity contribution in [2.75, 3.05) is 0 Å². The second-order valence-electron chi connectivity index (χ2n) is 31.4. The molecule has 12 unspecified atom stereocenters. The minimum absolute atomic E-state index is 0.232. The highest BCUT2D eigenvalue weighted by Gasteiger charge is 2.56. The molecule has 0 saturated heterocycles. The zero-order valence-electron chi connectivity index (χ0n) is 50.8. The van der Waals surface area contributed by atoms with E-state index in [1.165, 1.54) is 134 Å². The first-order valence-corrected chi connectivity index (χ1v) is 33.1. The van der Waals surface area contributed by atoms with Crippen LogP contribution in [0.3, 0.4) is 0 Å². The zero-order chi connectivity index (χ0) is 53.9. The van der Waals surface area contributed by atoms with E-state index >= 15 is 0 Å². The number of nitrogens with zero attached hydrogens (tertiary/aromatic N) is 2. The molecule has 0 aromatic carbocycles. The Balaban J connectivity index is 0.972. The molecule has 0 heterocycles. The zero-order valence-corrected chi connectivity index (χ0v) is 50.8. The fourth-order valence-corrected chi connectivity index (χ4v) is 20.1. The molecule has 3 fully saturated rings. The summed E-state index contributed by atoms with van der Waals surface area (Å²) in [5.41, 5.74) is 20.0. The first-order valence-electron chi connectivity index (χ1n) is 33.1. The van der Waals surface area contributed by atoms with Gasteiger partial charge in [-0.2, -0.15) is 0 Å². The average Bonchev–Trinajstić information content (AvgIpc) is 3.82. The Kier molecular flexibility index (Phi) is 14.1. The van der Waals surface area contributed by atoms with Crippen molar-refractivity contribution >= 4 is 0 Å². The van der Waals surface area contributed by atoms with Crippen LogP contribution in [0.15, 0.2) is 153 Å². The van der Waals surface area contributed by atoms with Crippen molar-refractivity contribution in [2.45, 2.75) is 229 Å². The van der Waals surface area contributed by atoms with Crippen LogP contribution in [0.1, 0.15) is 217 Å². The summed E-state index contributed by atoms with van der Waals surface area (Å²) in [4.78, 5) is 5.92. The first kappa shape index (κ1) is 53.5. The number of fused-ring (bicyclic) bond motifs is 7. The van der Waals surface area contributed by atoms with Gasteiger partial charge in [-0.1, -0.05) is 189 Å². The largest absolute Gasteiger partial charge is 0.362 e. The second-order valence-corrected chi connectivity index (χ2v) is 31.4. The maximum Gasteiger partial charge on any atom is 0.0476 e. The van der Waals surface area contributed by atoms with Crippen LogP contribution in [0.5, 0.6) is 0 Å². The minimum Gasteiger partial charge on any atom is -0.362 e. The number of hydrogen-bond acceptors (Lipinski definition) is 2. The highest BCUT2D eigenvalue weighted by molar-refractivity contribution is 5.55. The van der Waals surface area contributed by atoms with E-state index in [1.807, 2.05) is 16.7 Å². The molecule has 13 rings (SSSR count). The third kappa shape index (κ3) is 9.32. The van der Waals surface area contributed by atoms with Gasteiger partial charge in [0.25, 0.3) is 0 Å². The van der Waals surface area contributed by atoms with E-state index in [-0.39, 0.29) is 16.2 Å². The summed E-state index contributed by atoms with van der Waals surface area (Å²) in [6.07, 6.45) is 70.0. The molecule has 0 aromatic rings. The van der Waals surface area contributed by atoms with Gasteiger partial charge in [-0.15, -0.1) is 0 Å². The van der Waals surface area contributed by atoms with Crippen molar-refractivity contribution in [3.05, 3.63) is 153 Å². The monoisotopic (exact) mass is 1040 g/mol. The lowest BCUT2D eigenvalue weighted by Crippen LogP contribution is -2.45. The van der Waals surface area contributed by atoms with Gasteiger partial charge >= 0.3 is 0 Å². The standard InChI is InChI=1S/C76H104N2/c1-73(2,3)51-31-35-55(36-32-51)77(53-21-13-11-14-22-53)57-39-43-63-65(47-57)71(49-29-41-61-59-25-17-19-27-67(59)75(7,8)69(61)45-49)64-44-40-58(78(54-23-15-12-16-24-54)56-37-33-52(34-38-56)74(4,5)6)48-66(64)72(63)50-30-42-62-60-26-18-20-28-68(60)76(9,10)70(62)46-50/h19-21,27-28,30-31,33,35-37,40,42,47-49,51-52,54,56,60-61,63-64,68-70,72H,11-18,22-26,29,32,34,38-39,41,43-46H2,1-10H3. The molecule has 418 valence electrons. The molecule has 3 saturated carbocycles. The predicted molar refractivity (Wildman–Crippen MR) is 330 cm³/mol. The van der Waals surface area contributed by atoms with Crippen molar-refractivity contribution in [1.82, 2.24) is 9.80 Å². The summed E-state index contributed by atoms with van der Waals surface area (Å²) < 4.78 is 0. The Morgan fingerprint density at radius 3 is 2.15 bits per heavy atom. The van der Waals surface area contributed by atoms with Crippen LogP contribution in [0.4, 0.5) is 0 Å². The molecule has 2 nitrogen and oxygen atoms in total. The molecule has 13 aliphatic carbocycles. The van der Waals surface area contributed by atoms with Gasteiger partial charge in [0, 0.05) is 46.7 Å². The molecule has 0 amide bonds. The Hall–Kier alpha value is -3.78. The summed E-state index contributed by atoms with van der Waals surface area (Å²) in [7, 11) is 0. The lowest BCUT2D eigenvalue weighted by Gasteiger charge is -2.52. The molecule has 0 aliphatic heterocycles. The van der Waals surface area contributed by atoms with Crippen LogP contribution >= 0.6 is 0 Å². The fraction of sp³-hybridized carbons (Fsp3) is 0.658. The third-order valence-electron chi connectivity index (χ3n) is 24.5. The summed E-state index contributed by atoms with van der Waals surface area (Å²) >= 11 is 0. The Morgan fingerprint density at radius 1 is 0.590 bits per heavy atom. The molecule has 0 N–H and O–H groups in total. The maximum atomic E-state index is 3.07. The van der Waals surface area contributed by atoms with Crippen LogP contribution < -0.4 is 0 Å². The van der Waals surface area contributed by atoms with Gasteiger partial charge in [0.2, 0.25) is 0 Å². The van der Waals surface area contributed by atoms with E-state index in [9.17, 15) is 0 Å². The van der Waals surface area contributed by atoms with Gasteiger partial charge in [-0.05, 0) is 233 Å². The summed E-state index contributed by atoms with van der Waals surface area (Å²) in [5.74, 6) is 6.78. The highest BCUT2D eigenvalue weighted by Crippen LogP contribution is 2.66. The Bertz CT molecular complexity index is 2780. The van der Waals surface area contributed by atoms with Crippen LogP contribution in [0.2, 0.25) is 0 Å². The van der Waals surface area contributed by atoms with E-state index in [0.717, 1.165) is 37.0 Å². The van der Waals surface area contributed by atoms with Crippen LogP contribution in [0, 0.1) is 86.8 Å². The van der Waals surface area contributed by atoms with Crippen molar-refractivity contribution in [3.8, 4) is 0 Å². The van der Waals surface area contributed by atoms with Gasteiger partial charge in [-0.3, -0.25) is 0 Å². The molecular weight excluding hydrogens is 941 g/mol. The minimum atomic E-state index is 0.232. The highest BCUT2D eigenvalue weighted by atomic mass is 15.2. The van der Waals surface area contributed by atoms with Crippen LogP contribution in [-0.4, -0.2) is 21.9 Å². The number of allylic oxidation sites excluding steroid dienone is 23. The van der Waals surface area contributed by atoms with Crippen molar-refractivity contribution in [2.24, 2.45) is 86.8 Å². The molecule has 0 spiro atoms. The van der Waals surface area contributed by atoms with E-state index in [0.29, 0.717) is 64.8 Å². The van der Waals surface area contributed by atoms with E-state index < -0.39 is 0 Å². The van der Waals surface area contributed by atoms with E-state index in [1.54, 1.807) is 39.4 Å². The van der Waals surface area contributed by atoms with Crippen molar-refractivity contribution < 1.29 is 0 Å². The SMILES string of the molecule is CC(C)(C)C1C=CC(N(C2=CCCCC2)C2=CC3=C(C4CCC5C6=C(C=CCC6)C(C)(C)C5C4)C4CC=C(N(C5C=CC(C(C)(C)C)CC5)C5CCCCC5)C=C4C(C4=CC=C5C6CCC=CC6C(C)(C)C5C4)C3CC2)=CC1. The smallest absolute Gasteiger partial charge is 0.0476 e. The topological polar surface area (TPSA) is 6.48 Å². The van der Waals surface area contributed by atoms with Crippen LogP contribution in [-0.2, 0) is 0 Å². The molecule has 0 bridgehead atoms. The van der Waals surface area contributed by atoms with Crippen molar-refractivity contribution in [3.63, 3.8) is 0 Å². The quantitative estimate of drug-likeness (QED) is 0.224. The third-order valence-corrected chi connectivity index (χ3v) is 24.5. The molecule has 2 heteroatoms. The maximum absolute atomic E-state index is 3.07. The molecule has 13 aliphatic rings. The molecular formula is C76H104N2. The van der Waals surface area contributed by atoms with Gasteiger partial charge in [0.1, 0.15) is 0 Å². The van der Waals surface area contributed by atoms with Gasteiger partial charge in [0.15, 0.2) is 0 Å². The lowest BCUT2D eigenvalue weighted by atomic mass is 9.54. The summed E-state index contributed by atoms with van der Waals surface area (Å²) in [6.45, 7) is 25.4. The van der Waals surface area contributed by atoms with Crippen LogP contribution in [0.25, 0.3) is 0 Å². The van der Waals surface area contributed by atoms with E-state index in [2.05, 4.69) is 170 Å². The number of hydrogen-bond donors (Lipinski definition) is 0. The van der Waals surface area contributed by atoms with Gasteiger partial charge < -0.3 is 9.80 Å². The first-order chi connectivity index (χ1) is 37.5. The fourth-order valence-electron chi connectivity index (χ4n) is 20.1. The average molecular weight is 1050 g/mol. The molecule has 0 aromatic heterocycles. The van der Waals surface area contributed by atoms with Crippen molar-refractivity contribution in [1.29, 1.82) is 0 Å². The normalized spacial score (nSPS) is 37.1. The van der Waals surface area contributed by atoms with E-state index in [4.69, 9.17) is 0 Å². The Morgan fingerprint density at radius 2 is 1.41 bits per heavy atom. The summed E-state index contributed by atoms with van der Waals surface area (Å²) in [6, 6.07) is 1.13. The molecule has 12 atom stereocenters. The Labute approximate surface area is 476 Å². The summed E-state index contributed by atoms with van der Waals surface area (Å²) in [5, 5.41) is 0. The second kappa shape index (κ2) is 20.6. The molecule has 0 radical (unpaired) electrons. The lowest BCUT2D eigenvalue weighted by molar-refractivity contribution is 0.138. The van der Waals surface area contributed by atoms with Gasteiger partial charge in [0.05, 0.1) is 0 Å².